The topological polar surface area (TPSA) is 52.6 Å². The first-order valence-corrected chi connectivity index (χ1v) is 7.29. The highest BCUT2D eigenvalue weighted by atomic mass is 16.3. The maximum absolute atomic E-state index is 12.4. The quantitative estimate of drug-likeness (QED) is 0.892. The smallest absolute Gasteiger partial charge is 0.255 e. The van der Waals surface area contributed by atoms with Crippen LogP contribution in [0, 0.1) is 0 Å². The first kappa shape index (κ1) is 16.2. The van der Waals surface area contributed by atoms with E-state index in [0.717, 1.165) is 12.1 Å². The van der Waals surface area contributed by atoms with E-state index in [0.29, 0.717) is 16.8 Å². The Balaban J connectivity index is 2.19. The highest BCUT2D eigenvalue weighted by molar-refractivity contribution is 6.04. The van der Waals surface area contributed by atoms with Crippen molar-refractivity contribution in [1.82, 2.24) is 4.90 Å². The fourth-order valence-corrected chi connectivity index (χ4v) is 2.35. The number of nitrogens with one attached hydrogen (secondary N) is 1. The number of carbonyl (C=O) groups is 1. The summed E-state index contributed by atoms with van der Waals surface area (Å²) >= 11 is 0. The van der Waals surface area contributed by atoms with Crippen LogP contribution in [0.2, 0.25) is 0 Å². The second-order valence-electron chi connectivity index (χ2n) is 5.66. The highest BCUT2D eigenvalue weighted by Crippen LogP contribution is 2.23. The number of benzene rings is 2. The molecule has 0 aliphatic heterocycles. The van der Waals surface area contributed by atoms with Gasteiger partial charge in [-0.05, 0) is 44.8 Å². The first-order chi connectivity index (χ1) is 10.5. The molecule has 1 amide bonds. The van der Waals surface area contributed by atoms with E-state index in [1.165, 1.54) is 0 Å². The maximum atomic E-state index is 12.4. The molecule has 2 N–H and O–H groups in total. The van der Waals surface area contributed by atoms with E-state index in [2.05, 4.69) is 10.2 Å². The minimum Gasteiger partial charge on any atom is -0.389 e. The lowest BCUT2D eigenvalue weighted by molar-refractivity contribution is 0.102. The summed E-state index contributed by atoms with van der Waals surface area (Å²) in [7, 11) is 3.98. The summed E-state index contributed by atoms with van der Waals surface area (Å²) in [4.78, 5) is 14.5. The zero-order chi connectivity index (χ0) is 16.1. The third-order valence-corrected chi connectivity index (χ3v) is 3.35. The molecule has 0 heterocycles. The van der Waals surface area contributed by atoms with Crippen molar-refractivity contribution in [2.75, 3.05) is 19.4 Å². The van der Waals surface area contributed by atoms with Crippen LogP contribution in [0.25, 0.3) is 0 Å². The van der Waals surface area contributed by atoms with Crippen molar-refractivity contribution in [2.45, 2.75) is 19.6 Å². The molecule has 1 unspecified atom stereocenters. The van der Waals surface area contributed by atoms with E-state index in [1.54, 1.807) is 19.1 Å². The molecule has 4 heteroatoms. The van der Waals surface area contributed by atoms with E-state index >= 15 is 0 Å². The molecule has 4 nitrogen and oxygen atoms in total. The van der Waals surface area contributed by atoms with Crippen molar-refractivity contribution in [3.63, 3.8) is 0 Å². The van der Waals surface area contributed by atoms with E-state index in [4.69, 9.17) is 0 Å². The molecule has 0 saturated heterocycles. The van der Waals surface area contributed by atoms with Crippen molar-refractivity contribution < 1.29 is 9.90 Å². The predicted octanol–water partition coefficient (Wildman–Crippen LogP) is 3.05. The fraction of sp³-hybridized carbons (Fsp3) is 0.278. The van der Waals surface area contributed by atoms with Gasteiger partial charge in [0.1, 0.15) is 0 Å². The van der Waals surface area contributed by atoms with E-state index < -0.39 is 6.10 Å². The van der Waals surface area contributed by atoms with E-state index in [1.807, 2.05) is 50.5 Å². The molecule has 1 atom stereocenters. The molecular formula is C18H22N2O2. The van der Waals surface area contributed by atoms with Gasteiger partial charge in [-0.25, -0.2) is 0 Å². The molecule has 2 aromatic rings. The van der Waals surface area contributed by atoms with Crippen LogP contribution >= 0.6 is 0 Å². The zero-order valence-corrected chi connectivity index (χ0v) is 13.2. The van der Waals surface area contributed by atoms with Crippen molar-refractivity contribution in [2.24, 2.45) is 0 Å². The number of para-hydroxylation sites is 1. The minimum atomic E-state index is -0.628. The monoisotopic (exact) mass is 298 g/mol. The Labute approximate surface area is 131 Å². The largest absolute Gasteiger partial charge is 0.389 e. The number of nitrogens with zero attached hydrogens (tertiary/aromatic N) is 1. The molecule has 0 fully saturated rings. The summed E-state index contributed by atoms with van der Waals surface area (Å²) in [6.07, 6.45) is -0.628. The number of carbonyl (C=O) groups excluding carboxylic acids is 1. The van der Waals surface area contributed by atoms with Gasteiger partial charge in [0.15, 0.2) is 0 Å². The average Bonchev–Trinajstić information content (AvgIpc) is 2.47. The molecule has 0 aliphatic rings. The molecule has 22 heavy (non-hydrogen) atoms. The molecule has 2 aromatic carbocycles. The molecule has 2 rings (SSSR count). The van der Waals surface area contributed by atoms with Gasteiger partial charge in [0.05, 0.1) is 6.10 Å². The van der Waals surface area contributed by atoms with Crippen molar-refractivity contribution in [3.8, 4) is 0 Å². The van der Waals surface area contributed by atoms with Gasteiger partial charge >= 0.3 is 0 Å². The number of aliphatic hydroxyl groups excluding tert-OH is 1. The second kappa shape index (κ2) is 7.20. The molecule has 0 saturated carbocycles. The van der Waals surface area contributed by atoms with Gasteiger partial charge < -0.3 is 15.3 Å². The summed E-state index contributed by atoms with van der Waals surface area (Å²) in [5, 5.41) is 12.7. The van der Waals surface area contributed by atoms with Gasteiger partial charge in [-0.15, -0.1) is 0 Å². The Morgan fingerprint density at radius 2 is 1.91 bits per heavy atom. The third kappa shape index (κ3) is 4.16. The summed E-state index contributed by atoms with van der Waals surface area (Å²) < 4.78 is 0. The summed E-state index contributed by atoms with van der Waals surface area (Å²) in [5.74, 6) is -0.172. The van der Waals surface area contributed by atoms with Gasteiger partial charge in [-0.1, -0.05) is 30.3 Å². The standard InChI is InChI=1S/C18H22N2O2/c1-13(21)16-9-4-5-10-17(16)19-18(22)15-8-6-7-14(11-15)12-20(2)3/h4-11,13,21H,12H2,1-3H3,(H,19,22). The third-order valence-electron chi connectivity index (χ3n) is 3.35. The van der Waals surface area contributed by atoms with Crippen LogP contribution in [0.1, 0.15) is 34.5 Å². The van der Waals surface area contributed by atoms with Crippen molar-refractivity contribution >= 4 is 11.6 Å². The number of aliphatic hydroxyl groups is 1. The highest BCUT2D eigenvalue weighted by Gasteiger charge is 2.12. The SMILES string of the molecule is CC(O)c1ccccc1NC(=O)c1cccc(CN(C)C)c1. The van der Waals surface area contributed by atoms with Crippen LogP contribution in [0.5, 0.6) is 0 Å². The average molecular weight is 298 g/mol. The zero-order valence-electron chi connectivity index (χ0n) is 13.2. The van der Waals surface area contributed by atoms with Gasteiger partial charge in [0.2, 0.25) is 0 Å². The Morgan fingerprint density at radius 3 is 2.59 bits per heavy atom. The Bertz CT molecular complexity index is 651. The van der Waals surface area contributed by atoms with Crippen LogP contribution < -0.4 is 5.32 Å². The van der Waals surface area contributed by atoms with Crippen LogP contribution in [0.3, 0.4) is 0 Å². The molecule has 0 bridgehead atoms. The number of amides is 1. The van der Waals surface area contributed by atoms with Crippen molar-refractivity contribution in [3.05, 3.63) is 65.2 Å². The minimum absolute atomic E-state index is 0.172. The maximum Gasteiger partial charge on any atom is 0.255 e. The van der Waals surface area contributed by atoms with Gasteiger partial charge in [0, 0.05) is 23.4 Å². The Hall–Kier alpha value is -2.17. The Morgan fingerprint density at radius 1 is 1.18 bits per heavy atom. The van der Waals surface area contributed by atoms with Crippen LogP contribution in [0.4, 0.5) is 5.69 Å². The predicted molar refractivity (Wildman–Crippen MR) is 88.9 cm³/mol. The summed E-state index contributed by atoms with van der Waals surface area (Å²) in [6, 6.07) is 14.8. The number of anilines is 1. The molecule has 0 radical (unpaired) electrons. The number of rotatable bonds is 5. The molecule has 116 valence electrons. The molecule has 0 aromatic heterocycles. The van der Waals surface area contributed by atoms with Gasteiger partial charge in [-0.2, -0.15) is 0 Å². The number of hydrogen-bond acceptors (Lipinski definition) is 3. The van der Waals surface area contributed by atoms with Gasteiger partial charge in [-0.3, -0.25) is 4.79 Å². The lowest BCUT2D eigenvalue weighted by Crippen LogP contribution is -2.15. The van der Waals surface area contributed by atoms with Crippen LogP contribution in [-0.2, 0) is 6.54 Å². The second-order valence-corrected chi connectivity index (χ2v) is 5.66. The van der Waals surface area contributed by atoms with Gasteiger partial charge in [0.25, 0.3) is 5.91 Å². The molecular weight excluding hydrogens is 276 g/mol. The molecule has 0 spiro atoms. The summed E-state index contributed by atoms with van der Waals surface area (Å²) in [5.41, 5.74) is 3.04. The number of hydrogen-bond donors (Lipinski definition) is 2. The fourth-order valence-electron chi connectivity index (χ4n) is 2.35. The lowest BCUT2D eigenvalue weighted by atomic mass is 10.1. The van der Waals surface area contributed by atoms with Crippen LogP contribution in [-0.4, -0.2) is 30.0 Å². The van der Waals surface area contributed by atoms with Crippen molar-refractivity contribution in [1.29, 1.82) is 0 Å². The normalized spacial score (nSPS) is 12.2. The lowest BCUT2D eigenvalue weighted by Gasteiger charge is -2.14. The first-order valence-electron chi connectivity index (χ1n) is 7.29. The molecule has 0 aliphatic carbocycles. The van der Waals surface area contributed by atoms with E-state index in [9.17, 15) is 9.90 Å². The summed E-state index contributed by atoms with van der Waals surface area (Å²) in [6.45, 7) is 2.47. The van der Waals surface area contributed by atoms with Crippen LogP contribution in [0.15, 0.2) is 48.5 Å². The Kier molecular flexibility index (Phi) is 5.31. The van der Waals surface area contributed by atoms with E-state index in [-0.39, 0.29) is 5.91 Å².